The molecule has 2 heterocycles. The third-order valence-corrected chi connectivity index (χ3v) is 4.20. The Morgan fingerprint density at radius 1 is 1.21 bits per heavy atom. The molecule has 2 aromatic heterocycles. The summed E-state index contributed by atoms with van der Waals surface area (Å²) in [6, 6.07) is 7.18. The summed E-state index contributed by atoms with van der Waals surface area (Å²) in [7, 11) is 0. The molecule has 10 heteroatoms. The van der Waals surface area contributed by atoms with Gasteiger partial charge in [-0.2, -0.15) is 0 Å². The number of carbonyl (C=O) groups excluding carboxylic acids is 1. The van der Waals surface area contributed by atoms with Gasteiger partial charge in [-0.3, -0.25) is 25.2 Å². The first-order valence-corrected chi connectivity index (χ1v) is 7.73. The Morgan fingerprint density at radius 2 is 1.96 bits per heavy atom. The fourth-order valence-electron chi connectivity index (χ4n) is 1.85. The Bertz CT molecular complexity index is 916. The van der Waals surface area contributed by atoms with Gasteiger partial charge in [0.2, 0.25) is 5.13 Å². The third-order valence-electron chi connectivity index (χ3n) is 2.98. The van der Waals surface area contributed by atoms with Crippen molar-refractivity contribution in [2.45, 2.75) is 0 Å². The standard InChI is InChI=1S/C14H8ClN5O3S/c15-11-2-1-9(20(22)23)7-10(11)12(21)17-14-19-18-13(24-14)8-3-5-16-6-4-8/h1-7H,(H,17,19,21). The van der Waals surface area contributed by atoms with Crippen LogP contribution in [0.3, 0.4) is 0 Å². The van der Waals surface area contributed by atoms with Crippen LogP contribution in [0.4, 0.5) is 10.8 Å². The van der Waals surface area contributed by atoms with Crippen molar-refractivity contribution in [3.63, 3.8) is 0 Å². The highest BCUT2D eigenvalue weighted by Gasteiger charge is 2.17. The number of hydrogen-bond donors (Lipinski definition) is 1. The lowest BCUT2D eigenvalue weighted by Gasteiger charge is -2.03. The van der Waals surface area contributed by atoms with Gasteiger partial charge in [0, 0.05) is 30.1 Å². The van der Waals surface area contributed by atoms with Gasteiger partial charge in [-0.1, -0.05) is 22.9 Å². The third kappa shape index (κ3) is 3.36. The lowest BCUT2D eigenvalue weighted by molar-refractivity contribution is -0.384. The van der Waals surface area contributed by atoms with E-state index in [1.165, 1.54) is 23.5 Å². The Labute approximate surface area is 144 Å². The van der Waals surface area contributed by atoms with Crippen molar-refractivity contribution in [2.75, 3.05) is 5.32 Å². The second-order valence-corrected chi connectivity index (χ2v) is 5.91. The second kappa shape index (κ2) is 6.69. The van der Waals surface area contributed by atoms with Crippen LogP contribution in [0.5, 0.6) is 0 Å². The number of rotatable bonds is 4. The number of hydrogen-bond acceptors (Lipinski definition) is 7. The van der Waals surface area contributed by atoms with Gasteiger partial charge in [0.05, 0.1) is 15.5 Å². The quantitative estimate of drug-likeness (QED) is 0.563. The largest absolute Gasteiger partial charge is 0.296 e. The number of aromatic nitrogens is 3. The molecule has 0 saturated carbocycles. The Kier molecular flexibility index (Phi) is 4.45. The molecule has 0 saturated heterocycles. The first-order chi connectivity index (χ1) is 11.5. The predicted molar refractivity (Wildman–Crippen MR) is 89.2 cm³/mol. The maximum Gasteiger partial charge on any atom is 0.270 e. The summed E-state index contributed by atoms with van der Waals surface area (Å²) < 4.78 is 0. The average molecular weight is 362 g/mol. The molecule has 1 amide bonds. The fourth-order valence-corrected chi connectivity index (χ4v) is 2.80. The summed E-state index contributed by atoms with van der Waals surface area (Å²) in [5, 5.41) is 22.2. The fraction of sp³-hybridized carbons (Fsp3) is 0. The summed E-state index contributed by atoms with van der Waals surface area (Å²) in [6.45, 7) is 0. The zero-order valence-corrected chi connectivity index (χ0v) is 13.4. The van der Waals surface area contributed by atoms with Gasteiger partial charge in [-0.15, -0.1) is 10.2 Å². The topological polar surface area (TPSA) is 111 Å². The van der Waals surface area contributed by atoms with Crippen LogP contribution >= 0.6 is 22.9 Å². The van der Waals surface area contributed by atoms with Crippen molar-refractivity contribution < 1.29 is 9.72 Å². The lowest BCUT2D eigenvalue weighted by Crippen LogP contribution is -2.12. The molecule has 0 unspecified atom stereocenters. The number of pyridine rings is 1. The summed E-state index contributed by atoms with van der Waals surface area (Å²) in [5.41, 5.74) is 0.585. The molecule has 120 valence electrons. The van der Waals surface area contributed by atoms with Crippen LogP contribution in [0.2, 0.25) is 5.02 Å². The number of nitro groups is 1. The summed E-state index contributed by atoms with van der Waals surface area (Å²) in [4.78, 5) is 26.4. The van der Waals surface area contributed by atoms with E-state index < -0.39 is 10.8 Å². The van der Waals surface area contributed by atoms with Crippen molar-refractivity contribution >= 4 is 39.7 Å². The number of nitrogens with zero attached hydrogens (tertiary/aromatic N) is 4. The van der Waals surface area contributed by atoms with Gasteiger partial charge < -0.3 is 0 Å². The summed E-state index contributed by atoms with van der Waals surface area (Å²) >= 11 is 7.11. The highest BCUT2D eigenvalue weighted by atomic mass is 35.5. The highest BCUT2D eigenvalue weighted by Crippen LogP contribution is 2.27. The first kappa shape index (κ1) is 16.0. The maximum absolute atomic E-state index is 12.3. The van der Waals surface area contributed by atoms with E-state index in [0.29, 0.717) is 5.01 Å². The Balaban J connectivity index is 1.82. The molecule has 0 radical (unpaired) electrons. The predicted octanol–water partition coefficient (Wildman–Crippen LogP) is 3.41. The minimum atomic E-state index is -0.598. The monoisotopic (exact) mass is 361 g/mol. The van der Waals surface area contributed by atoms with Crippen molar-refractivity contribution in [3.05, 3.63) is 63.4 Å². The van der Waals surface area contributed by atoms with E-state index in [-0.39, 0.29) is 21.4 Å². The van der Waals surface area contributed by atoms with Gasteiger partial charge in [0.1, 0.15) is 5.01 Å². The van der Waals surface area contributed by atoms with E-state index in [1.54, 1.807) is 24.5 Å². The molecule has 0 bridgehead atoms. The Hall–Kier alpha value is -2.91. The van der Waals surface area contributed by atoms with Crippen LogP contribution in [0.1, 0.15) is 10.4 Å². The number of halogens is 1. The van der Waals surface area contributed by atoms with Crippen LogP contribution < -0.4 is 5.32 Å². The van der Waals surface area contributed by atoms with Crippen molar-refractivity contribution in [1.82, 2.24) is 15.2 Å². The van der Waals surface area contributed by atoms with Crippen LogP contribution in [-0.4, -0.2) is 26.0 Å². The van der Waals surface area contributed by atoms with Gasteiger partial charge in [0.15, 0.2) is 0 Å². The van der Waals surface area contributed by atoms with Crippen molar-refractivity contribution in [2.24, 2.45) is 0 Å². The van der Waals surface area contributed by atoms with E-state index in [1.807, 2.05) is 0 Å². The Morgan fingerprint density at radius 3 is 2.67 bits per heavy atom. The molecule has 3 rings (SSSR count). The van der Waals surface area contributed by atoms with Gasteiger partial charge in [-0.05, 0) is 18.2 Å². The van der Waals surface area contributed by atoms with Crippen LogP contribution in [0.25, 0.3) is 10.6 Å². The van der Waals surface area contributed by atoms with Crippen LogP contribution in [-0.2, 0) is 0 Å². The molecule has 0 aliphatic heterocycles. The van der Waals surface area contributed by atoms with E-state index in [0.717, 1.165) is 11.6 Å². The molecular weight excluding hydrogens is 354 g/mol. The zero-order valence-electron chi connectivity index (χ0n) is 11.8. The van der Waals surface area contributed by atoms with Gasteiger partial charge >= 0.3 is 0 Å². The normalized spacial score (nSPS) is 10.4. The minimum absolute atomic E-state index is 0.00784. The van der Waals surface area contributed by atoms with Gasteiger partial charge in [0.25, 0.3) is 11.6 Å². The molecule has 1 N–H and O–H groups in total. The highest BCUT2D eigenvalue weighted by molar-refractivity contribution is 7.18. The van der Waals surface area contributed by atoms with Crippen LogP contribution in [0.15, 0.2) is 42.7 Å². The molecule has 0 aliphatic carbocycles. The number of carbonyl (C=O) groups is 1. The zero-order chi connectivity index (χ0) is 17.1. The van der Waals surface area contributed by atoms with E-state index in [4.69, 9.17) is 11.6 Å². The molecule has 8 nitrogen and oxygen atoms in total. The molecule has 24 heavy (non-hydrogen) atoms. The molecule has 3 aromatic rings. The molecule has 0 spiro atoms. The summed E-state index contributed by atoms with van der Waals surface area (Å²) in [6.07, 6.45) is 3.25. The minimum Gasteiger partial charge on any atom is -0.296 e. The average Bonchev–Trinajstić information content (AvgIpc) is 3.04. The molecule has 0 atom stereocenters. The smallest absolute Gasteiger partial charge is 0.270 e. The number of amides is 1. The molecule has 0 fully saturated rings. The number of nitrogens with one attached hydrogen (secondary N) is 1. The molecule has 0 aliphatic rings. The molecule has 1 aromatic carbocycles. The number of non-ortho nitro benzene ring substituents is 1. The number of benzene rings is 1. The molecular formula is C14H8ClN5O3S. The van der Waals surface area contributed by atoms with Crippen molar-refractivity contribution in [3.8, 4) is 10.6 Å². The van der Waals surface area contributed by atoms with Gasteiger partial charge in [-0.25, -0.2) is 0 Å². The lowest BCUT2D eigenvalue weighted by atomic mass is 10.2. The van der Waals surface area contributed by atoms with E-state index in [9.17, 15) is 14.9 Å². The van der Waals surface area contributed by atoms with Crippen molar-refractivity contribution in [1.29, 1.82) is 0 Å². The second-order valence-electron chi connectivity index (χ2n) is 4.52. The maximum atomic E-state index is 12.3. The summed E-state index contributed by atoms with van der Waals surface area (Å²) in [5.74, 6) is -0.596. The first-order valence-electron chi connectivity index (χ1n) is 6.54. The van der Waals surface area contributed by atoms with E-state index in [2.05, 4.69) is 20.5 Å². The number of nitro benzene ring substituents is 1. The van der Waals surface area contributed by atoms with E-state index >= 15 is 0 Å². The SMILES string of the molecule is O=C(Nc1nnc(-c2ccncc2)s1)c1cc([N+](=O)[O-])ccc1Cl. The number of anilines is 1. The van der Waals surface area contributed by atoms with Crippen LogP contribution in [0, 0.1) is 10.1 Å².